The van der Waals surface area contributed by atoms with E-state index in [0.717, 1.165) is 20.7 Å². The van der Waals surface area contributed by atoms with Gasteiger partial charge in [0, 0.05) is 20.3 Å². The summed E-state index contributed by atoms with van der Waals surface area (Å²) in [7, 11) is 0. The van der Waals surface area contributed by atoms with Crippen LogP contribution in [0.3, 0.4) is 0 Å². The number of carbonyl (C=O) groups is 1. The second-order valence-corrected chi connectivity index (χ2v) is 6.32. The standard InChI is InChI=1S/C16H12BrNO3S/c1-2-20-12-5-3-10(4-6-12)15-18-14(16(19)21-15)8-13-7-11(17)9-22-13/h3-9H,2H2,1H3/b14-8-. The molecule has 22 heavy (non-hydrogen) atoms. The van der Waals surface area contributed by atoms with Crippen LogP contribution in [-0.2, 0) is 9.53 Å². The lowest BCUT2D eigenvalue weighted by Gasteiger charge is -2.03. The van der Waals surface area contributed by atoms with Crippen molar-refractivity contribution in [1.82, 2.24) is 0 Å². The molecule has 6 heteroatoms. The van der Waals surface area contributed by atoms with E-state index < -0.39 is 5.97 Å². The fourth-order valence-corrected chi connectivity index (χ4v) is 3.30. The van der Waals surface area contributed by atoms with Crippen LogP contribution >= 0.6 is 27.3 Å². The lowest BCUT2D eigenvalue weighted by atomic mass is 10.2. The minimum absolute atomic E-state index is 0.304. The third-order valence-corrected chi connectivity index (χ3v) is 4.54. The highest BCUT2D eigenvalue weighted by molar-refractivity contribution is 9.10. The number of benzene rings is 1. The van der Waals surface area contributed by atoms with Crippen LogP contribution < -0.4 is 4.74 Å². The molecule has 0 fully saturated rings. The fraction of sp³-hybridized carbons (Fsp3) is 0.125. The van der Waals surface area contributed by atoms with Gasteiger partial charge in [0.15, 0.2) is 5.70 Å². The zero-order valence-electron chi connectivity index (χ0n) is 11.7. The molecule has 2 heterocycles. The van der Waals surface area contributed by atoms with Gasteiger partial charge in [-0.1, -0.05) is 0 Å². The first-order chi connectivity index (χ1) is 10.7. The average molecular weight is 378 g/mol. The molecule has 0 aliphatic carbocycles. The molecule has 2 aromatic rings. The maximum absolute atomic E-state index is 11.9. The number of rotatable bonds is 4. The van der Waals surface area contributed by atoms with Gasteiger partial charge in [0.05, 0.1) is 6.61 Å². The van der Waals surface area contributed by atoms with Crippen LogP contribution in [0.2, 0.25) is 0 Å². The van der Waals surface area contributed by atoms with Gasteiger partial charge in [-0.15, -0.1) is 11.3 Å². The van der Waals surface area contributed by atoms with E-state index in [1.165, 1.54) is 11.3 Å². The van der Waals surface area contributed by atoms with Gasteiger partial charge in [0.25, 0.3) is 0 Å². The molecule has 112 valence electrons. The molecule has 0 saturated carbocycles. The Kier molecular flexibility index (Phi) is 4.40. The van der Waals surface area contributed by atoms with E-state index in [0.29, 0.717) is 18.2 Å². The monoisotopic (exact) mass is 377 g/mol. The van der Waals surface area contributed by atoms with Gasteiger partial charge in [-0.2, -0.15) is 0 Å². The molecular formula is C16H12BrNO3S. The van der Waals surface area contributed by atoms with Crippen molar-refractivity contribution in [3.63, 3.8) is 0 Å². The molecule has 1 aromatic carbocycles. The summed E-state index contributed by atoms with van der Waals surface area (Å²) < 4.78 is 11.6. The molecule has 1 aliphatic heterocycles. The number of thiophene rings is 1. The van der Waals surface area contributed by atoms with Crippen molar-refractivity contribution in [2.45, 2.75) is 6.92 Å². The fourth-order valence-electron chi connectivity index (χ4n) is 1.93. The number of ether oxygens (including phenoxy) is 2. The summed E-state index contributed by atoms with van der Waals surface area (Å²) in [6, 6.07) is 9.22. The van der Waals surface area contributed by atoms with Crippen LogP contribution in [-0.4, -0.2) is 18.5 Å². The first kappa shape index (κ1) is 15.0. The first-order valence-electron chi connectivity index (χ1n) is 6.65. The highest BCUT2D eigenvalue weighted by Crippen LogP contribution is 2.25. The quantitative estimate of drug-likeness (QED) is 0.590. The number of cyclic esters (lactones) is 1. The SMILES string of the molecule is CCOc1ccc(C2=N/C(=C\c3cc(Br)cs3)C(=O)O2)cc1. The molecule has 0 amide bonds. The van der Waals surface area contributed by atoms with Gasteiger partial charge in [-0.3, -0.25) is 0 Å². The van der Waals surface area contributed by atoms with E-state index in [1.807, 2.05) is 42.6 Å². The van der Waals surface area contributed by atoms with Gasteiger partial charge in [0.2, 0.25) is 5.90 Å². The Hall–Kier alpha value is -1.92. The summed E-state index contributed by atoms with van der Waals surface area (Å²) in [5.41, 5.74) is 1.05. The van der Waals surface area contributed by atoms with E-state index in [-0.39, 0.29) is 0 Å². The Labute approximate surface area is 140 Å². The maximum atomic E-state index is 11.9. The normalized spacial score (nSPS) is 15.8. The molecule has 4 nitrogen and oxygen atoms in total. The van der Waals surface area contributed by atoms with Crippen LogP contribution in [0.5, 0.6) is 5.75 Å². The topological polar surface area (TPSA) is 47.9 Å². The summed E-state index contributed by atoms with van der Waals surface area (Å²) in [5, 5.41) is 1.95. The molecule has 0 bridgehead atoms. The number of aliphatic imine (C=N–C) groups is 1. The molecule has 0 spiro atoms. The third kappa shape index (κ3) is 3.28. The van der Waals surface area contributed by atoms with Gasteiger partial charge >= 0.3 is 5.97 Å². The van der Waals surface area contributed by atoms with Crippen molar-refractivity contribution < 1.29 is 14.3 Å². The Morgan fingerprint density at radius 3 is 2.77 bits per heavy atom. The predicted octanol–water partition coefficient (Wildman–Crippen LogP) is 4.25. The summed E-state index contributed by atoms with van der Waals surface area (Å²) in [6.45, 7) is 2.54. The molecule has 0 atom stereocenters. The minimum atomic E-state index is -0.437. The second-order valence-electron chi connectivity index (χ2n) is 4.46. The minimum Gasteiger partial charge on any atom is -0.494 e. The number of esters is 1. The van der Waals surface area contributed by atoms with Crippen molar-refractivity contribution >= 4 is 45.2 Å². The summed E-state index contributed by atoms with van der Waals surface area (Å²) >= 11 is 4.91. The first-order valence-corrected chi connectivity index (χ1v) is 8.33. The Morgan fingerprint density at radius 1 is 1.36 bits per heavy atom. The van der Waals surface area contributed by atoms with Gasteiger partial charge in [-0.25, -0.2) is 9.79 Å². The van der Waals surface area contributed by atoms with Gasteiger partial charge in [-0.05, 0) is 59.3 Å². The van der Waals surface area contributed by atoms with Crippen LogP contribution in [0, 0.1) is 0 Å². The highest BCUT2D eigenvalue weighted by Gasteiger charge is 2.24. The maximum Gasteiger partial charge on any atom is 0.363 e. The van der Waals surface area contributed by atoms with E-state index in [2.05, 4.69) is 20.9 Å². The van der Waals surface area contributed by atoms with Crippen molar-refractivity contribution in [3.8, 4) is 5.75 Å². The summed E-state index contributed by atoms with van der Waals surface area (Å²) in [6.07, 6.45) is 1.72. The van der Waals surface area contributed by atoms with E-state index >= 15 is 0 Å². The lowest BCUT2D eigenvalue weighted by molar-refractivity contribution is -0.129. The van der Waals surface area contributed by atoms with E-state index in [4.69, 9.17) is 9.47 Å². The van der Waals surface area contributed by atoms with E-state index in [1.54, 1.807) is 6.08 Å². The Balaban J connectivity index is 1.84. The molecule has 1 aliphatic rings. The largest absolute Gasteiger partial charge is 0.494 e. The summed E-state index contributed by atoms with van der Waals surface area (Å²) in [4.78, 5) is 17.1. The molecule has 3 rings (SSSR count). The van der Waals surface area contributed by atoms with Gasteiger partial charge < -0.3 is 9.47 Å². The molecule has 0 unspecified atom stereocenters. The predicted molar refractivity (Wildman–Crippen MR) is 90.2 cm³/mol. The zero-order chi connectivity index (χ0) is 15.5. The van der Waals surface area contributed by atoms with Gasteiger partial charge in [0.1, 0.15) is 5.75 Å². The molecule has 0 saturated heterocycles. The van der Waals surface area contributed by atoms with Crippen LogP contribution in [0.15, 0.2) is 50.9 Å². The van der Waals surface area contributed by atoms with Crippen molar-refractivity contribution in [2.24, 2.45) is 4.99 Å². The Morgan fingerprint density at radius 2 is 2.14 bits per heavy atom. The van der Waals surface area contributed by atoms with E-state index in [9.17, 15) is 4.79 Å². The van der Waals surface area contributed by atoms with Crippen LogP contribution in [0.1, 0.15) is 17.4 Å². The van der Waals surface area contributed by atoms with Crippen LogP contribution in [0.25, 0.3) is 6.08 Å². The number of hydrogen-bond acceptors (Lipinski definition) is 5. The smallest absolute Gasteiger partial charge is 0.363 e. The third-order valence-electron chi connectivity index (χ3n) is 2.90. The zero-order valence-corrected chi connectivity index (χ0v) is 14.1. The molecule has 0 radical (unpaired) electrons. The average Bonchev–Trinajstić information content (AvgIpc) is 3.07. The lowest BCUT2D eigenvalue weighted by Crippen LogP contribution is -2.05. The van der Waals surface area contributed by atoms with Crippen molar-refractivity contribution in [2.75, 3.05) is 6.61 Å². The van der Waals surface area contributed by atoms with Crippen molar-refractivity contribution in [3.05, 3.63) is 56.3 Å². The van der Waals surface area contributed by atoms with Crippen LogP contribution in [0.4, 0.5) is 0 Å². The summed E-state index contributed by atoms with van der Waals surface area (Å²) in [5.74, 6) is 0.652. The Bertz CT molecular complexity index is 762. The highest BCUT2D eigenvalue weighted by atomic mass is 79.9. The number of hydrogen-bond donors (Lipinski definition) is 0. The second kappa shape index (κ2) is 6.46. The molecule has 1 aromatic heterocycles. The number of nitrogens with zero attached hydrogens (tertiary/aromatic N) is 1. The number of carbonyl (C=O) groups excluding carboxylic acids is 1. The number of halogens is 1. The molecular weight excluding hydrogens is 366 g/mol. The van der Waals surface area contributed by atoms with Crippen molar-refractivity contribution in [1.29, 1.82) is 0 Å². The molecule has 0 N–H and O–H groups in total.